The predicted octanol–water partition coefficient (Wildman–Crippen LogP) is 2.79. The van der Waals surface area contributed by atoms with Crippen molar-refractivity contribution in [3.8, 4) is 0 Å². The van der Waals surface area contributed by atoms with E-state index in [1.165, 1.54) is 11.4 Å². The molecule has 1 aliphatic heterocycles. The van der Waals surface area contributed by atoms with Gasteiger partial charge in [0.15, 0.2) is 0 Å². The first kappa shape index (κ1) is 16.9. The van der Waals surface area contributed by atoms with Crippen LogP contribution in [0, 0.1) is 5.92 Å². The summed E-state index contributed by atoms with van der Waals surface area (Å²) in [5.74, 6) is -0.483. The first-order chi connectivity index (χ1) is 9.86. The Balaban J connectivity index is 2.19. The number of hydrogen-bond acceptors (Lipinski definition) is 4. The van der Waals surface area contributed by atoms with Gasteiger partial charge in [-0.1, -0.05) is 15.9 Å². The standard InChI is InChI=1S/C13H15Br2NO4S/c1-20-13(17)9-4-6-16(7-5-9)21(18,19)12-8-10(14)2-3-11(12)15/h2-3,8-9H,4-7H2,1H3. The molecule has 0 unspecified atom stereocenters. The molecule has 0 atom stereocenters. The number of piperidine rings is 1. The van der Waals surface area contributed by atoms with E-state index in [9.17, 15) is 13.2 Å². The van der Waals surface area contributed by atoms with Gasteiger partial charge in [-0.15, -0.1) is 0 Å². The number of methoxy groups -OCH3 is 1. The summed E-state index contributed by atoms with van der Waals surface area (Å²) in [4.78, 5) is 11.7. The number of esters is 1. The maximum atomic E-state index is 12.7. The van der Waals surface area contributed by atoms with Crippen LogP contribution in [0.2, 0.25) is 0 Å². The fraction of sp³-hybridized carbons (Fsp3) is 0.462. The molecule has 2 rings (SSSR count). The molecule has 1 aromatic carbocycles. The smallest absolute Gasteiger partial charge is 0.308 e. The summed E-state index contributed by atoms with van der Waals surface area (Å²) in [6.07, 6.45) is 0.967. The van der Waals surface area contributed by atoms with Crippen molar-refractivity contribution in [2.75, 3.05) is 20.2 Å². The highest BCUT2D eigenvalue weighted by Crippen LogP contribution is 2.30. The predicted molar refractivity (Wildman–Crippen MR) is 85.3 cm³/mol. The second-order valence-corrected chi connectivity index (χ2v) is 8.45. The van der Waals surface area contributed by atoms with Gasteiger partial charge in [0, 0.05) is 22.0 Å². The zero-order valence-electron chi connectivity index (χ0n) is 11.4. The summed E-state index contributed by atoms with van der Waals surface area (Å²) >= 11 is 6.56. The van der Waals surface area contributed by atoms with Crippen LogP contribution >= 0.6 is 31.9 Å². The van der Waals surface area contributed by atoms with Crippen molar-refractivity contribution >= 4 is 47.9 Å². The van der Waals surface area contributed by atoms with E-state index in [1.54, 1.807) is 18.2 Å². The molecule has 0 bridgehead atoms. The van der Waals surface area contributed by atoms with Gasteiger partial charge in [0.2, 0.25) is 10.0 Å². The molecule has 5 nitrogen and oxygen atoms in total. The number of carbonyl (C=O) groups is 1. The van der Waals surface area contributed by atoms with Gasteiger partial charge in [-0.25, -0.2) is 8.42 Å². The monoisotopic (exact) mass is 439 g/mol. The Kier molecular flexibility index (Phi) is 5.45. The molecule has 1 aromatic rings. The maximum absolute atomic E-state index is 12.7. The largest absolute Gasteiger partial charge is 0.469 e. The van der Waals surface area contributed by atoms with Crippen molar-refractivity contribution in [2.45, 2.75) is 17.7 Å². The molecule has 1 saturated heterocycles. The first-order valence-electron chi connectivity index (χ1n) is 6.39. The van der Waals surface area contributed by atoms with E-state index in [4.69, 9.17) is 4.74 Å². The van der Waals surface area contributed by atoms with Crippen molar-refractivity contribution in [3.63, 3.8) is 0 Å². The Bertz CT molecular complexity index is 640. The van der Waals surface area contributed by atoms with E-state index >= 15 is 0 Å². The number of ether oxygens (including phenoxy) is 1. The molecule has 0 amide bonds. The van der Waals surface area contributed by atoms with Crippen LogP contribution in [-0.4, -0.2) is 38.9 Å². The molecular formula is C13H15Br2NO4S. The molecule has 0 aliphatic carbocycles. The van der Waals surface area contributed by atoms with Crippen molar-refractivity contribution in [1.29, 1.82) is 0 Å². The van der Waals surface area contributed by atoms with E-state index in [2.05, 4.69) is 31.9 Å². The van der Waals surface area contributed by atoms with Crippen LogP contribution in [0.5, 0.6) is 0 Å². The van der Waals surface area contributed by atoms with Gasteiger partial charge in [-0.3, -0.25) is 4.79 Å². The maximum Gasteiger partial charge on any atom is 0.308 e. The summed E-state index contributed by atoms with van der Waals surface area (Å²) in [6, 6.07) is 5.04. The Morgan fingerprint density at radius 2 is 1.90 bits per heavy atom. The number of sulfonamides is 1. The second-order valence-electron chi connectivity index (χ2n) is 4.78. The number of rotatable bonds is 3. The zero-order chi connectivity index (χ0) is 15.6. The summed E-state index contributed by atoms with van der Waals surface area (Å²) in [6.45, 7) is 0.641. The fourth-order valence-corrected chi connectivity index (χ4v) is 5.25. The third-order valence-electron chi connectivity index (χ3n) is 3.50. The fourth-order valence-electron chi connectivity index (χ4n) is 2.31. The molecule has 0 saturated carbocycles. The van der Waals surface area contributed by atoms with Crippen molar-refractivity contribution < 1.29 is 17.9 Å². The normalized spacial score (nSPS) is 17.7. The van der Waals surface area contributed by atoms with Gasteiger partial charge >= 0.3 is 5.97 Å². The minimum atomic E-state index is -3.57. The van der Waals surface area contributed by atoms with E-state index < -0.39 is 10.0 Å². The van der Waals surface area contributed by atoms with Crippen LogP contribution in [0.15, 0.2) is 32.0 Å². The van der Waals surface area contributed by atoms with Crippen LogP contribution in [0.3, 0.4) is 0 Å². The molecule has 116 valence electrons. The third-order valence-corrected chi connectivity index (χ3v) is 6.89. The number of benzene rings is 1. The van der Waals surface area contributed by atoms with Gasteiger partial charge in [0.1, 0.15) is 0 Å². The number of nitrogens with zero attached hydrogens (tertiary/aromatic N) is 1. The average Bonchev–Trinajstić information content (AvgIpc) is 2.49. The SMILES string of the molecule is COC(=O)C1CCN(S(=O)(=O)c2cc(Br)ccc2Br)CC1. The van der Waals surface area contributed by atoms with E-state index in [1.807, 2.05) is 0 Å². The molecule has 1 aliphatic rings. The number of halogens is 2. The molecule has 8 heteroatoms. The molecule has 0 aromatic heterocycles. The van der Waals surface area contributed by atoms with Crippen molar-refractivity contribution in [2.24, 2.45) is 5.92 Å². The van der Waals surface area contributed by atoms with Crippen molar-refractivity contribution in [1.82, 2.24) is 4.31 Å². The summed E-state index contributed by atoms with van der Waals surface area (Å²) in [5.41, 5.74) is 0. The second kappa shape index (κ2) is 6.76. The number of carbonyl (C=O) groups excluding carboxylic acids is 1. The zero-order valence-corrected chi connectivity index (χ0v) is 15.4. The average molecular weight is 441 g/mol. The lowest BCUT2D eigenvalue weighted by Gasteiger charge is -2.30. The van der Waals surface area contributed by atoms with Crippen LogP contribution in [0.1, 0.15) is 12.8 Å². The van der Waals surface area contributed by atoms with Gasteiger partial charge in [0.25, 0.3) is 0 Å². The highest BCUT2D eigenvalue weighted by Gasteiger charge is 2.33. The van der Waals surface area contributed by atoms with Crippen LogP contribution in [-0.2, 0) is 19.6 Å². The Hall–Kier alpha value is -0.440. The Labute approximate surface area is 141 Å². The highest BCUT2D eigenvalue weighted by molar-refractivity contribution is 9.11. The van der Waals surface area contributed by atoms with E-state index in [0.29, 0.717) is 34.9 Å². The lowest BCUT2D eigenvalue weighted by atomic mass is 9.99. The van der Waals surface area contributed by atoms with Gasteiger partial charge in [-0.05, 0) is 47.0 Å². The lowest BCUT2D eigenvalue weighted by Crippen LogP contribution is -2.40. The first-order valence-corrected chi connectivity index (χ1v) is 9.42. The van der Waals surface area contributed by atoms with E-state index in [0.717, 1.165) is 0 Å². The Morgan fingerprint density at radius 3 is 2.48 bits per heavy atom. The summed E-state index contributed by atoms with van der Waals surface area (Å²) in [7, 11) is -2.22. The van der Waals surface area contributed by atoms with Crippen molar-refractivity contribution in [3.05, 3.63) is 27.1 Å². The molecule has 0 radical (unpaired) electrons. The third kappa shape index (κ3) is 3.67. The molecular weight excluding hydrogens is 426 g/mol. The molecule has 0 N–H and O–H groups in total. The quantitative estimate of drug-likeness (QED) is 0.678. The lowest BCUT2D eigenvalue weighted by molar-refractivity contribution is -0.146. The minimum absolute atomic E-state index is 0.215. The Morgan fingerprint density at radius 1 is 1.29 bits per heavy atom. The van der Waals surface area contributed by atoms with E-state index in [-0.39, 0.29) is 16.8 Å². The van der Waals surface area contributed by atoms with Gasteiger partial charge in [-0.2, -0.15) is 4.31 Å². The summed E-state index contributed by atoms with van der Waals surface area (Å²) < 4.78 is 32.7. The van der Waals surface area contributed by atoms with Crippen LogP contribution in [0.4, 0.5) is 0 Å². The summed E-state index contributed by atoms with van der Waals surface area (Å²) in [5, 5.41) is 0. The topological polar surface area (TPSA) is 63.7 Å². The minimum Gasteiger partial charge on any atom is -0.469 e. The van der Waals surface area contributed by atoms with Gasteiger partial charge in [0.05, 0.1) is 17.9 Å². The molecule has 1 heterocycles. The highest BCUT2D eigenvalue weighted by atomic mass is 79.9. The van der Waals surface area contributed by atoms with Crippen LogP contribution in [0.25, 0.3) is 0 Å². The van der Waals surface area contributed by atoms with Gasteiger partial charge < -0.3 is 4.74 Å². The molecule has 1 fully saturated rings. The number of hydrogen-bond donors (Lipinski definition) is 0. The van der Waals surface area contributed by atoms with Crippen LogP contribution < -0.4 is 0 Å². The molecule has 21 heavy (non-hydrogen) atoms. The molecule has 0 spiro atoms.